The molecule has 0 saturated carbocycles. The number of nitro groups is 1. The summed E-state index contributed by atoms with van der Waals surface area (Å²) >= 11 is 11.4. The summed E-state index contributed by atoms with van der Waals surface area (Å²) in [5, 5.41) is 11.0. The molecule has 0 aromatic carbocycles. The summed E-state index contributed by atoms with van der Waals surface area (Å²) in [5.74, 6) is 0.0829. The Balaban J connectivity index is 2.41. The van der Waals surface area contributed by atoms with Crippen molar-refractivity contribution in [2.75, 3.05) is 17.3 Å². The zero-order valence-electron chi connectivity index (χ0n) is 9.18. The molecule has 1 fully saturated rings. The molecule has 1 aromatic rings. The van der Waals surface area contributed by atoms with E-state index in [-0.39, 0.29) is 34.9 Å². The Kier molecular flexibility index (Phi) is 3.68. The number of nitrogens with zero attached hydrogens (tertiary/aromatic N) is 3. The smallest absolute Gasteiger partial charge is 0.291 e. The Morgan fingerprint density at radius 3 is 2.83 bits per heavy atom. The maximum absolute atomic E-state index is 11.8. The van der Waals surface area contributed by atoms with Crippen molar-refractivity contribution in [1.29, 1.82) is 0 Å². The Morgan fingerprint density at radius 1 is 1.56 bits per heavy atom. The molecule has 6 nitrogen and oxygen atoms in total. The SMILES string of the molecule is O=C1CC(CCl)CN1c1nc(Cl)ccc1[N+](=O)[O-]. The largest absolute Gasteiger partial charge is 0.312 e. The molecule has 96 valence electrons. The highest BCUT2D eigenvalue weighted by Gasteiger charge is 2.34. The lowest BCUT2D eigenvalue weighted by Gasteiger charge is -2.15. The van der Waals surface area contributed by atoms with Gasteiger partial charge in [0, 0.05) is 24.9 Å². The van der Waals surface area contributed by atoms with Crippen LogP contribution in [0, 0.1) is 16.0 Å². The topological polar surface area (TPSA) is 76.3 Å². The first-order valence-corrected chi connectivity index (χ1v) is 6.11. The molecule has 0 bridgehead atoms. The molecule has 2 rings (SSSR count). The average molecular weight is 290 g/mol. The van der Waals surface area contributed by atoms with E-state index in [0.717, 1.165) is 0 Å². The number of aromatic nitrogens is 1. The van der Waals surface area contributed by atoms with E-state index >= 15 is 0 Å². The molecule has 1 saturated heterocycles. The molecule has 0 spiro atoms. The van der Waals surface area contributed by atoms with Crippen molar-refractivity contribution < 1.29 is 9.72 Å². The summed E-state index contributed by atoms with van der Waals surface area (Å²) in [6.45, 7) is 0.330. The minimum atomic E-state index is -0.583. The molecule has 18 heavy (non-hydrogen) atoms. The fourth-order valence-corrected chi connectivity index (χ4v) is 2.20. The molecule has 8 heteroatoms. The molecule has 1 aliphatic rings. The van der Waals surface area contributed by atoms with Gasteiger partial charge in [-0.05, 0) is 12.0 Å². The van der Waals surface area contributed by atoms with Crippen LogP contribution in [-0.2, 0) is 4.79 Å². The lowest BCUT2D eigenvalue weighted by Crippen LogP contribution is -2.26. The number of halogens is 2. The normalized spacial score (nSPS) is 19.3. The molecular weight excluding hydrogens is 281 g/mol. The van der Waals surface area contributed by atoms with Crippen LogP contribution in [0.15, 0.2) is 12.1 Å². The van der Waals surface area contributed by atoms with Crippen LogP contribution in [0.4, 0.5) is 11.5 Å². The number of carbonyl (C=O) groups is 1. The molecule has 1 amide bonds. The number of hydrogen-bond donors (Lipinski definition) is 0. The highest BCUT2D eigenvalue weighted by atomic mass is 35.5. The van der Waals surface area contributed by atoms with Gasteiger partial charge >= 0.3 is 5.69 Å². The number of anilines is 1. The van der Waals surface area contributed by atoms with Crippen LogP contribution in [0.5, 0.6) is 0 Å². The first-order chi connectivity index (χ1) is 8.52. The van der Waals surface area contributed by atoms with Gasteiger partial charge in [-0.3, -0.25) is 19.8 Å². The summed E-state index contributed by atoms with van der Waals surface area (Å²) in [7, 11) is 0. The number of pyridine rings is 1. The van der Waals surface area contributed by atoms with Crippen molar-refractivity contribution in [2.24, 2.45) is 5.92 Å². The van der Waals surface area contributed by atoms with Crippen LogP contribution in [0.1, 0.15) is 6.42 Å². The minimum Gasteiger partial charge on any atom is -0.291 e. The second-order valence-corrected chi connectivity index (χ2v) is 4.66. The molecule has 1 aliphatic heterocycles. The van der Waals surface area contributed by atoms with Gasteiger partial charge in [-0.1, -0.05) is 11.6 Å². The maximum Gasteiger partial charge on any atom is 0.312 e. The van der Waals surface area contributed by atoms with Crippen LogP contribution in [0.2, 0.25) is 5.15 Å². The maximum atomic E-state index is 11.8. The van der Waals surface area contributed by atoms with Gasteiger partial charge in [0.1, 0.15) is 5.15 Å². The fourth-order valence-electron chi connectivity index (χ4n) is 1.85. The Bertz CT molecular complexity index is 509. The van der Waals surface area contributed by atoms with Crippen molar-refractivity contribution in [1.82, 2.24) is 4.98 Å². The van der Waals surface area contributed by atoms with Crippen molar-refractivity contribution in [2.45, 2.75) is 6.42 Å². The number of rotatable bonds is 3. The van der Waals surface area contributed by atoms with Gasteiger partial charge in [0.15, 0.2) is 0 Å². The predicted molar refractivity (Wildman–Crippen MR) is 67.1 cm³/mol. The third kappa shape index (κ3) is 2.39. The standard InChI is InChI=1S/C10H9Cl2N3O3/c11-4-6-3-9(16)14(5-6)10-7(15(17)18)1-2-8(12)13-10/h1-2,6H,3-5H2. The molecule has 1 atom stereocenters. The second-order valence-electron chi connectivity index (χ2n) is 3.96. The third-order valence-electron chi connectivity index (χ3n) is 2.70. The van der Waals surface area contributed by atoms with E-state index in [1.807, 2.05) is 0 Å². The van der Waals surface area contributed by atoms with Crippen LogP contribution in [0.3, 0.4) is 0 Å². The zero-order valence-corrected chi connectivity index (χ0v) is 10.7. The van der Waals surface area contributed by atoms with E-state index in [1.54, 1.807) is 0 Å². The Labute approximate surface area is 113 Å². The third-order valence-corrected chi connectivity index (χ3v) is 3.34. The minimum absolute atomic E-state index is 0.00915. The predicted octanol–water partition coefficient (Wildman–Crippen LogP) is 2.23. The molecule has 1 aromatic heterocycles. The van der Waals surface area contributed by atoms with Gasteiger partial charge in [-0.15, -0.1) is 11.6 Å². The first-order valence-electron chi connectivity index (χ1n) is 5.20. The highest BCUT2D eigenvalue weighted by Crippen LogP contribution is 2.32. The van der Waals surface area contributed by atoms with Crippen LogP contribution >= 0.6 is 23.2 Å². The zero-order chi connectivity index (χ0) is 13.3. The first kappa shape index (κ1) is 13.0. The summed E-state index contributed by atoms with van der Waals surface area (Å²) in [4.78, 5) is 27.3. The molecular formula is C10H9Cl2N3O3. The van der Waals surface area contributed by atoms with E-state index in [1.165, 1.54) is 17.0 Å². The van der Waals surface area contributed by atoms with Gasteiger partial charge < -0.3 is 0 Å². The molecule has 0 radical (unpaired) electrons. The van der Waals surface area contributed by atoms with Crippen molar-refractivity contribution in [3.05, 3.63) is 27.4 Å². The number of carbonyl (C=O) groups excluding carboxylic acids is 1. The van der Waals surface area contributed by atoms with Gasteiger partial charge in [0.2, 0.25) is 11.7 Å². The van der Waals surface area contributed by atoms with Crippen molar-refractivity contribution in [3.8, 4) is 0 Å². The van der Waals surface area contributed by atoms with E-state index in [9.17, 15) is 14.9 Å². The van der Waals surface area contributed by atoms with Gasteiger partial charge in [-0.2, -0.15) is 0 Å². The Hall–Kier alpha value is -1.40. The van der Waals surface area contributed by atoms with E-state index < -0.39 is 4.92 Å². The lowest BCUT2D eigenvalue weighted by molar-refractivity contribution is -0.384. The number of hydrogen-bond acceptors (Lipinski definition) is 4. The number of amides is 1. The lowest BCUT2D eigenvalue weighted by atomic mass is 10.1. The summed E-state index contributed by atoms with van der Waals surface area (Å²) in [5.41, 5.74) is -0.233. The van der Waals surface area contributed by atoms with Crippen molar-refractivity contribution >= 4 is 40.6 Å². The molecule has 0 N–H and O–H groups in total. The summed E-state index contributed by atoms with van der Waals surface area (Å²) in [6, 6.07) is 2.56. The summed E-state index contributed by atoms with van der Waals surface area (Å²) < 4.78 is 0. The van der Waals surface area contributed by atoms with Crippen LogP contribution in [0.25, 0.3) is 0 Å². The second kappa shape index (κ2) is 5.07. The van der Waals surface area contributed by atoms with Crippen molar-refractivity contribution in [3.63, 3.8) is 0 Å². The van der Waals surface area contributed by atoms with Gasteiger partial charge in [0.05, 0.1) is 4.92 Å². The van der Waals surface area contributed by atoms with E-state index in [2.05, 4.69) is 4.98 Å². The molecule has 2 heterocycles. The molecule has 1 unspecified atom stereocenters. The molecule has 0 aliphatic carbocycles. The van der Waals surface area contributed by atoms with Crippen LogP contribution < -0.4 is 4.90 Å². The van der Waals surface area contributed by atoms with Gasteiger partial charge in [-0.25, -0.2) is 4.98 Å². The highest BCUT2D eigenvalue weighted by molar-refractivity contribution is 6.29. The van der Waals surface area contributed by atoms with Crippen LogP contribution in [-0.4, -0.2) is 28.2 Å². The van der Waals surface area contributed by atoms with E-state index in [4.69, 9.17) is 23.2 Å². The quantitative estimate of drug-likeness (QED) is 0.370. The average Bonchev–Trinajstić information content (AvgIpc) is 2.70. The van der Waals surface area contributed by atoms with E-state index in [0.29, 0.717) is 12.4 Å². The Morgan fingerprint density at radius 2 is 2.28 bits per heavy atom. The number of alkyl halides is 1. The summed E-state index contributed by atoms with van der Waals surface area (Å²) in [6.07, 6.45) is 0.273. The fraction of sp³-hybridized carbons (Fsp3) is 0.400. The monoisotopic (exact) mass is 289 g/mol. The van der Waals surface area contributed by atoms with Gasteiger partial charge in [0.25, 0.3) is 0 Å².